The van der Waals surface area contributed by atoms with E-state index in [0.29, 0.717) is 29.4 Å². The van der Waals surface area contributed by atoms with Crippen LogP contribution in [0.5, 0.6) is 0 Å². The number of nitrogens with zero attached hydrogens (tertiary/aromatic N) is 1. The molecule has 0 bridgehead atoms. The minimum Gasteiger partial charge on any atom is -0.456 e. The van der Waals surface area contributed by atoms with Crippen LogP contribution >= 0.6 is 24.2 Å². The SMILES string of the molecule is CC(C)(C)OC(=O)c1ccc(N(Cc2ccccc2)C(=O)CNCc2ccc(Cl)cc2)cc1.Fc1c(F)c(F)c(S)c(F)c1F.O.O. The Morgan fingerprint density at radius 1 is 0.766 bits per heavy atom. The van der Waals surface area contributed by atoms with Crippen LogP contribution in [0.1, 0.15) is 42.3 Å². The molecule has 0 saturated heterocycles. The van der Waals surface area contributed by atoms with Gasteiger partial charge >= 0.3 is 5.97 Å². The molecular weight excluding hydrogens is 667 g/mol. The van der Waals surface area contributed by atoms with E-state index in [1.807, 2.05) is 75.4 Å². The van der Waals surface area contributed by atoms with Crippen molar-refractivity contribution in [3.63, 3.8) is 0 Å². The van der Waals surface area contributed by atoms with Crippen LogP contribution in [0, 0.1) is 29.1 Å². The molecular formula is C33H34ClF5N2O5S. The van der Waals surface area contributed by atoms with Crippen molar-refractivity contribution in [1.29, 1.82) is 0 Å². The van der Waals surface area contributed by atoms with Gasteiger partial charge in [-0.25, -0.2) is 26.7 Å². The lowest BCUT2D eigenvalue weighted by Crippen LogP contribution is -2.37. The van der Waals surface area contributed by atoms with Crippen molar-refractivity contribution in [2.24, 2.45) is 0 Å². The van der Waals surface area contributed by atoms with Gasteiger partial charge in [-0.05, 0) is 68.3 Å². The zero-order valence-electron chi connectivity index (χ0n) is 25.5. The molecule has 47 heavy (non-hydrogen) atoms. The fourth-order valence-corrected chi connectivity index (χ4v) is 4.13. The average Bonchev–Trinajstić information content (AvgIpc) is 3.02. The highest BCUT2D eigenvalue weighted by molar-refractivity contribution is 7.80. The molecule has 14 heteroatoms. The standard InChI is InChI=1S/C27H29ClN2O3.C6HF5S.2H2O/c1-27(2,3)33-26(32)22-11-15-24(16-12-22)30(19-21-7-5-4-6-8-21)25(31)18-29-17-20-9-13-23(28)14-10-20;7-1-2(8)4(10)6(12)5(11)3(1)9;;/h4-16,29H,17-19H2,1-3H3;12H;2*1H2. The quantitative estimate of drug-likeness (QED) is 0.0704. The van der Waals surface area contributed by atoms with Gasteiger partial charge < -0.3 is 25.9 Å². The molecule has 1 amide bonds. The molecule has 0 aliphatic heterocycles. The molecule has 0 spiro atoms. The van der Waals surface area contributed by atoms with E-state index in [9.17, 15) is 31.5 Å². The lowest BCUT2D eigenvalue weighted by molar-refractivity contribution is -0.118. The van der Waals surface area contributed by atoms with Gasteiger partial charge in [0.2, 0.25) is 11.7 Å². The normalized spacial score (nSPS) is 10.5. The topological polar surface area (TPSA) is 122 Å². The van der Waals surface area contributed by atoms with Crippen LogP contribution in [0.15, 0.2) is 83.8 Å². The highest BCUT2D eigenvalue weighted by Crippen LogP contribution is 2.25. The molecule has 4 aromatic carbocycles. The van der Waals surface area contributed by atoms with E-state index in [2.05, 4.69) is 17.9 Å². The third kappa shape index (κ3) is 11.9. The molecule has 0 fully saturated rings. The van der Waals surface area contributed by atoms with Crippen LogP contribution in [0.25, 0.3) is 0 Å². The van der Waals surface area contributed by atoms with E-state index in [0.717, 1.165) is 11.1 Å². The van der Waals surface area contributed by atoms with Gasteiger partial charge in [0, 0.05) is 17.3 Å². The van der Waals surface area contributed by atoms with E-state index in [-0.39, 0.29) is 29.4 Å². The number of rotatable bonds is 8. The molecule has 4 aromatic rings. The van der Waals surface area contributed by atoms with Gasteiger partial charge in [0.05, 0.1) is 23.5 Å². The first-order chi connectivity index (χ1) is 21.2. The van der Waals surface area contributed by atoms with Crippen LogP contribution in [0.4, 0.5) is 27.6 Å². The predicted molar refractivity (Wildman–Crippen MR) is 173 cm³/mol. The second-order valence-corrected chi connectivity index (χ2v) is 11.5. The molecule has 254 valence electrons. The Morgan fingerprint density at radius 2 is 1.28 bits per heavy atom. The fourth-order valence-electron chi connectivity index (χ4n) is 3.81. The van der Waals surface area contributed by atoms with Crippen molar-refractivity contribution in [1.82, 2.24) is 5.32 Å². The van der Waals surface area contributed by atoms with Crippen molar-refractivity contribution >= 4 is 41.8 Å². The minimum absolute atomic E-state index is 0. The molecule has 0 aromatic heterocycles. The monoisotopic (exact) mass is 700 g/mol. The smallest absolute Gasteiger partial charge is 0.338 e. The summed E-state index contributed by atoms with van der Waals surface area (Å²) >= 11 is 9.04. The van der Waals surface area contributed by atoms with E-state index < -0.39 is 39.6 Å². The summed E-state index contributed by atoms with van der Waals surface area (Å²) in [6.45, 7) is 6.64. The third-order valence-electron chi connectivity index (χ3n) is 6.00. The maximum absolute atomic E-state index is 13.1. The Labute approximate surface area is 279 Å². The van der Waals surface area contributed by atoms with E-state index >= 15 is 0 Å². The average molecular weight is 701 g/mol. The lowest BCUT2D eigenvalue weighted by Gasteiger charge is -2.24. The minimum atomic E-state index is -2.18. The summed E-state index contributed by atoms with van der Waals surface area (Å²) in [7, 11) is 0. The van der Waals surface area contributed by atoms with Gasteiger partial charge in [0.25, 0.3) is 0 Å². The number of amides is 1. The number of benzene rings is 4. The highest BCUT2D eigenvalue weighted by Gasteiger charge is 2.23. The van der Waals surface area contributed by atoms with Crippen molar-refractivity contribution in [2.75, 3.05) is 11.4 Å². The largest absolute Gasteiger partial charge is 0.456 e. The molecule has 0 heterocycles. The number of thiol groups is 1. The van der Waals surface area contributed by atoms with E-state index in [4.69, 9.17) is 16.3 Å². The lowest BCUT2D eigenvalue weighted by atomic mass is 10.1. The number of anilines is 1. The van der Waals surface area contributed by atoms with Crippen LogP contribution < -0.4 is 10.2 Å². The Balaban J connectivity index is 0.000000668. The first-order valence-electron chi connectivity index (χ1n) is 13.5. The predicted octanol–water partition coefficient (Wildman–Crippen LogP) is 6.64. The number of carbonyl (C=O) groups is 2. The molecule has 7 nitrogen and oxygen atoms in total. The zero-order chi connectivity index (χ0) is 33.3. The molecule has 0 unspecified atom stereocenters. The van der Waals surface area contributed by atoms with Gasteiger partial charge in [-0.1, -0.05) is 54.1 Å². The first-order valence-corrected chi connectivity index (χ1v) is 14.3. The van der Waals surface area contributed by atoms with Gasteiger partial charge in [-0.3, -0.25) is 4.79 Å². The molecule has 0 atom stereocenters. The summed E-state index contributed by atoms with van der Waals surface area (Å²) in [5, 5.41) is 3.88. The number of esters is 1. The molecule has 0 aliphatic carbocycles. The maximum Gasteiger partial charge on any atom is 0.338 e. The Kier molecular flexibility index (Phi) is 16.0. The number of ether oxygens (including phenoxy) is 1. The van der Waals surface area contributed by atoms with Crippen LogP contribution in [0.3, 0.4) is 0 Å². The van der Waals surface area contributed by atoms with Crippen molar-refractivity contribution in [2.45, 2.75) is 44.4 Å². The summed E-state index contributed by atoms with van der Waals surface area (Å²) in [6.07, 6.45) is 0. The highest BCUT2D eigenvalue weighted by atomic mass is 35.5. The second-order valence-electron chi connectivity index (χ2n) is 10.7. The molecule has 5 N–H and O–H groups in total. The zero-order valence-corrected chi connectivity index (χ0v) is 27.2. The van der Waals surface area contributed by atoms with Crippen LogP contribution in [0.2, 0.25) is 5.02 Å². The number of halogens is 6. The molecule has 4 rings (SSSR count). The van der Waals surface area contributed by atoms with Crippen LogP contribution in [-0.2, 0) is 22.6 Å². The van der Waals surface area contributed by atoms with Crippen molar-refractivity contribution in [3.05, 3.63) is 130 Å². The van der Waals surface area contributed by atoms with Gasteiger partial charge in [0.1, 0.15) is 5.60 Å². The summed E-state index contributed by atoms with van der Waals surface area (Å²) in [6, 6.07) is 24.2. The number of hydrogen-bond acceptors (Lipinski definition) is 5. The summed E-state index contributed by atoms with van der Waals surface area (Å²) in [5.41, 5.74) is 2.65. The number of nitrogens with one attached hydrogen (secondary N) is 1. The second kappa shape index (κ2) is 18.4. The van der Waals surface area contributed by atoms with Crippen molar-refractivity contribution in [3.8, 4) is 0 Å². The molecule has 0 radical (unpaired) electrons. The number of hydrogen-bond donors (Lipinski definition) is 2. The van der Waals surface area contributed by atoms with Crippen molar-refractivity contribution < 1.29 is 47.2 Å². The summed E-state index contributed by atoms with van der Waals surface area (Å²) in [4.78, 5) is 26.0. The fraction of sp³-hybridized carbons (Fsp3) is 0.212. The third-order valence-corrected chi connectivity index (χ3v) is 6.65. The van der Waals surface area contributed by atoms with E-state index in [1.54, 1.807) is 29.2 Å². The van der Waals surface area contributed by atoms with Gasteiger partial charge in [-0.2, -0.15) is 0 Å². The van der Waals surface area contributed by atoms with Crippen LogP contribution in [-0.4, -0.2) is 35.0 Å². The maximum atomic E-state index is 13.1. The van der Waals surface area contributed by atoms with Gasteiger partial charge in [-0.15, -0.1) is 12.6 Å². The summed E-state index contributed by atoms with van der Waals surface area (Å²) in [5.74, 6) is -10.5. The number of carbonyl (C=O) groups excluding carboxylic acids is 2. The molecule has 0 saturated carbocycles. The Hall–Kier alpha value is -4.01. The Bertz CT molecular complexity index is 1520. The van der Waals surface area contributed by atoms with Gasteiger partial charge in [0.15, 0.2) is 23.3 Å². The molecule has 0 aliphatic rings. The van der Waals surface area contributed by atoms with E-state index in [1.165, 1.54) is 0 Å². The summed E-state index contributed by atoms with van der Waals surface area (Å²) < 4.78 is 66.7. The Morgan fingerprint density at radius 3 is 1.79 bits per heavy atom. The first kappa shape index (κ1) is 41.0.